The van der Waals surface area contributed by atoms with Gasteiger partial charge in [-0.2, -0.15) is 10.4 Å². The SMILES string of the molecule is CCn1nc(C(=O)Oc2ccc(C#N)cc2Cl)c2ccccc2c1=O. The number of nitrogens with zero attached hydrogens (tertiary/aromatic N) is 3. The van der Waals surface area contributed by atoms with E-state index in [1.165, 1.54) is 22.9 Å². The molecular formula is C18H12ClN3O3. The highest BCUT2D eigenvalue weighted by atomic mass is 35.5. The molecular weight excluding hydrogens is 342 g/mol. The Morgan fingerprint density at radius 2 is 2.00 bits per heavy atom. The number of carbonyl (C=O) groups is 1. The summed E-state index contributed by atoms with van der Waals surface area (Å²) in [6.45, 7) is 2.08. The molecule has 0 N–H and O–H groups in total. The Morgan fingerprint density at radius 1 is 1.28 bits per heavy atom. The molecule has 6 nitrogen and oxygen atoms in total. The molecule has 2 aromatic carbocycles. The van der Waals surface area contributed by atoms with Crippen molar-refractivity contribution in [3.8, 4) is 11.8 Å². The first-order chi connectivity index (χ1) is 12.0. The van der Waals surface area contributed by atoms with Crippen LogP contribution in [0.3, 0.4) is 0 Å². The molecule has 0 spiro atoms. The first-order valence-electron chi connectivity index (χ1n) is 7.47. The summed E-state index contributed by atoms with van der Waals surface area (Å²) in [5, 5.41) is 13.9. The van der Waals surface area contributed by atoms with Crippen LogP contribution in [0.2, 0.25) is 5.02 Å². The third-order valence-electron chi connectivity index (χ3n) is 3.62. The van der Waals surface area contributed by atoms with Gasteiger partial charge in [-0.1, -0.05) is 29.8 Å². The zero-order chi connectivity index (χ0) is 18.0. The van der Waals surface area contributed by atoms with Crippen LogP contribution in [0.15, 0.2) is 47.3 Å². The van der Waals surface area contributed by atoms with Gasteiger partial charge in [0.25, 0.3) is 5.56 Å². The van der Waals surface area contributed by atoms with Crippen LogP contribution in [-0.4, -0.2) is 15.7 Å². The molecule has 0 atom stereocenters. The van der Waals surface area contributed by atoms with Gasteiger partial charge in [0.05, 0.1) is 22.0 Å². The summed E-state index contributed by atoms with van der Waals surface area (Å²) in [6.07, 6.45) is 0. The van der Waals surface area contributed by atoms with Gasteiger partial charge in [0.2, 0.25) is 0 Å². The summed E-state index contributed by atoms with van der Waals surface area (Å²) in [5.74, 6) is -0.615. The molecule has 0 unspecified atom stereocenters. The Balaban J connectivity index is 2.07. The van der Waals surface area contributed by atoms with Crippen LogP contribution in [0.1, 0.15) is 23.0 Å². The first-order valence-corrected chi connectivity index (χ1v) is 7.84. The molecule has 124 valence electrons. The first kappa shape index (κ1) is 16.7. The minimum absolute atomic E-state index is 0.0254. The van der Waals surface area contributed by atoms with Crippen molar-refractivity contribution >= 4 is 28.3 Å². The lowest BCUT2D eigenvalue weighted by Crippen LogP contribution is -2.26. The zero-order valence-electron chi connectivity index (χ0n) is 13.2. The minimum Gasteiger partial charge on any atom is -0.420 e. The molecule has 0 aliphatic carbocycles. The van der Waals surface area contributed by atoms with Gasteiger partial charge >= 0.3 is 5.97 Å². The van der Waals surface area contributed by atoms with E-state index in [0.717, 1.165) is 0 Å². The number of halogens is 1. The number of esters is 1. The Kier molecular flexibility index (Phi) is 4.50. The van der Waals surface area contributed by atoms with Crippen molar-refractivity contribution in [2.45, 2.75) is 13.5 Å². The van der Waals surface area contributed by atoms with Crippen molar-refractivity contribution in [3.05, 3.63) is 69.1 Å². The summed E-state index contributed by atoms with van der Waals surface area (Å²) >= 11 is 6.04. The van der Waals surface area contributed by atoms with Crippen LogP contribution < -0.4 is 10.3 Å². The fourth-order valence-corrected chi connectivity index (χ4v) is 2.62. The molecule has 7 heteroatoms. The fourth-order valence-electron chi connectivity index (χ4n) is 2.40. The maximum absolute atomic E-state index is 12.6. The van der Waals surface area contributed by atoms with E-state index >= 15 is 0 Å². The molecule has 0 amide bonds. The van der Waals surface area contributed by atoms with Crippen LogP contribution in [0.4, 0.5) is 0 Å². The quantitative estimate of drug-likeness (QED) is 0.533. The molecule has 3 rings (SSSR count). The number of nitriles is 1. The van der Waals surface area contributed by atoms with Gasteiger partial charge in [0, 0.05) is 11.9 Å². The van der Waals surface area contributed by atoms with Crippen LogP contribution in [0.25, 0.3) is 10.8 Å². The molecule has 1 aromatic heterocycles. The zero-order valence-corrected chi connectivity index (χ0v) is 13.9. The van der Waals surface area contributed by atoms with E-state index in [2.05, 4.69) is 5.10 Å². The fraction of sp³-hybridized carbons (Fsp3) is 0.111. The Labute approximate surface area is 147 Å². The third kappa shape index (κ3) is 3.10. The Bertz CT molecular complexity index is 1080. The second kappa shape index (κ2) is 6.75. The van der Waals surface area contributed by atoms with Crippen LogP contribution in [0.5, 0.6) is 5.75 Å². The van der Waals surface area contributed by atoms with Crippen molar-refractivity contribution in [1.82, 2.24) is 9.78 Å². The molecule has 0 fully saturated rings. The lowest BCUT2D eigenvalue weighted by molar-refractivity contribution is 0.0728. The van der Waals surface area contributed by atoms with Gasteiger partial charge in [0.1, 0.15) is 5.75 Å². The molecule has 25 heavy (non-hydrogen) atoms. The number of carbonyl (C=O) groups excluding carboxylic acids is 1. The molecule has 0 aliphatic heterocycles. The average Bonchev–Trinajstić information content (AvgIpc) is 2.63. The highest BCUT2D eigenvalue weighted by Crippen LogP contribution is 2.26. The van der Waals surface area contributed by atoms with E-state index in [1.54, 1.807) is 31.2 Å². The summed E-state index contributed by atoms with van der Waals surface area (Å²) in [7, 11) is 0. The Morgan fingerprint density at radius 3 is 2.64 bits per heavy atom. The number of aromatic nitrogens is 2. The monoisotopic (exact) mass is 353 g/mol. The van der Waals surface area contributed by atoms with Gasteiger partial charge in [-0.25, -0.2) is 9.48 Å². The number of hydrogen-bond acceptors (Lipinski definition) is 5. The van der Waals surface area contributed by atoms with Crippen molar-refractivity contribution in [1.29, 1.82) is 5.26 Å². The number of ether oxygens (including phenoxy) is 1. The maximum Gasteiger partial charge on any atom is 0.364 e. The summed E-state index contributed by atoms with van der Waals surface area (Å²) in [6, 6.07) is 13.0. The summed E-state index contributed by atoms with van der Waals surface area (Å²) in [5.41, 5.74) is 0.108. The molecule has 0 bridgehead atoms. The van der Waals surface area contributed by atoms with Crippen molar-refractivity contribution in [3.63, 3.8) is 0 Å². The predicted molar refractivity (Wildman–Crippen MR) is 92.8 cm³/mol. The Hall–Kier alpha value is -3.17. The number of rotatable bonds is 3. The standard InChI is InChI=1S/C18H12ClN3O3/c1-2-22-17(23)13-6-4-3-5-12(13)16(21-22)18(24)25-15-8-7-11(10-20)9-14(15)19/h3-9H,2H2,1H3. The second-order valence-corrected chi connectivity index (χ2v) is 5.57. The van der Waals surface area contributed by atoms with Gasteiger partial charge in [-0.3, -0.25) is 4.79 Å². The van der Waals surface area contributed by atoms with Crippen molar-refractivity contribution in [2.75, 3.05) is 0 Å². The number of aryl methyl sites for hydroxylation is 1. The lowest BCUT2D eigenvalue weighted by atomic mass is 10.1. The molecule has 3 aromatic rings. The van der Waals surface area contributed by atoms with Crippen LogP contribution >= 0.6 is 11.6 Å². The number of fused-ring (bicyclic) bond motifs is 1. The maximum atomic E-state index is 12.6. The van der Waals surface area contributed by atoms with Crippen molar-refractivity contribution < 1.29 is 9.53 Å². The van der Waals surface area contributed by atoms with E-state index < -0.39 is 5.97 Å². The van der Waals surface area contributed by atoms with E-state index in [1.807, 2.05) is 6.07 Å². The largest absolute Gasteiger partial charge is 0.420 e. The highest BCUT2D eigenvalue weighted by Gasteiger charge is 2.19. The number of hydrogen-bond donors (Lipinski definition) is 0. The van der Waals surface area contributed by atoms with Gasteiger partial charge in [-0.05, 0) is 31.2 Å². The summed E-state index contributed by atoms with van der Waals surface area (Å²) < 4.78 is 6.53. The topological polar surface area (TPSA) is 85.0 Å². The summed E-state index contributed by atoms with van der Waals surface area (Å²) in [4.78, 5) is 24.9. The molecule has 0 saturated carbocycles. The molecule has 1 heterocycles. The molecule has 0 saturated heterocycles. The van der Waals surface area contributed by atoms with Crippen LogP contribution in [0, 0.1) is 11.3 Å². The van der Waals surface area contributed by atoms with E-state index in [4.69, 9.17) is 21.6 Å². The average molecular weight is 354 g/mol. The van der Waals surface area contributed by atoms with E-state index in [9.17, 15) is 9.59 Å². The minimum atomic E-state index is -0.731. The number of benzene rings is 2. The highest BCUT2D eigenvalue weighted by molar-refractivity contribution is 6.32. The van der Waals surface area contributed by atoms with Gasteiger partial charge < -0.3 is 4.74 Å². The lowest BCUT2D eigenvalue weighted by Gasteiger charge is -2.10. The molecule has 0 aliphatic rings. The predicted octanol–water partition coefficient (Wildman–Crippen LogP) is 3.16. The van der Waals surface area contributed by atoms with Crippen molar-refractivity contribution in [2.24, 2.45) is 0 Å². The normalized spacial score (nSPS) is 10.4. The van der Waals surface area contributed by atoms with Crippen LogP contribution in [-0.2, 0) is 6.54 Å². The molecule has 0 radical (unpaired) electrons. The second-order valence-electron chi connectivity index (χ2n) is 5.16. The van der Waals surface area contributed by atoms with Gasteiger partial charge in [-0.15, -0.1) is 0 Å². The van der Waals surface area contributed by atoms with E-state index in [-0.39, 0.29) is 22.0 Å². The smallest absolute Gasteiger partial charge is 0.364 e. The van der Waals surface area contributed by atoms with E-state index in [0.29, 0.717) is 22.9 Å². The third-order valence-corrected chi connectivity index (χ3v) is 3.92. The van der Waals surface area contributed by atoms with Gasteiger partial charge in [0.15, 0.2) is 5.69 Å².